The van der Waals surface area contributed by atoms with Gasteiger partial charge in [0.25, 0.3) is 0 Å². The van der Waals surface area contributed by atoms with Gasteiger partial charge < -0.3 is 9.47 Å². The minimum atomic E-state index is -0.0431. The van der Waals surface area contributed by atoms with E-state index in [0.29, 0.717) is 22.9 Å². The number of methoxy groups -OCH3 is 1. The zero-order valence-electron chi connectivity index (χ0n) is 16.2. The number of rotatable bonds is 7. The van der Waals surface area contributed by atoms with E-state index in [1.54, 1.807) is 18.2 Å². The van der Waals surface area contributed by atoms with Crippen molar-refractivity contribution in [3.8, 4) is 11.5 Å². The molecule has 0 spiro atoms. The third kappa shape index (κ3) is 5.63. The average molecular weight is 406 g/mol. The predicted octanol–water partition coefficient (Wildman–Crippen LogP) is 5.00. The molecule has 0 fully saturated rings. The second-order valence-corrected chi connectivity index (χ2v) is 7.67. The van der Waals surface area contributed by atoms with Crippen LogP contribution in [-0.2, 0) is 6.61 Å². The Labute approximate surface area is 184 Å². The number of carbonyl (C=O) groups is 1. The molecule has 0 bridgehead atoms. The third-order valence-electron chi connectivity index (χ3n) is 4.12. The smallest absolute Gasteiger partial charge is 0.190 e. The summed E-state index contributed by atoms with van der Waals surface area (Å²) in [4.78, 5) is 12.8. The number of benzene rings is 3. The van der Waals surface area contributed by atoms with Crippen LogP contribution in [0.3, 0.4) is 0 Å². The molecule has 139 valence electrons. The standard InChI is InChI=1S/C22H20ClO3P.Li/c1-15-13-17(26-14-16-7-4-3-5-8-16)11-12-20(15)27-22(24)21-18(23)9-6-10-19(21)25-2;/h3-13,27H,14H2,1-2H3;. The SMILES string of the molecule is COc1cccc(Cl)c1C(=O)Pc1ccc(OCc2ccccc2)cc1C.[Li]. The molecule has 1 radical (unpaired) electrons. The van der Waals surface area contributed by atoms with Gasteiger partial charge in [-0.15, -0.1) is 0 Å². The van der Waals surface area contributed by atoms with E-state index in [-0.39, 0.29) is 33.0 Å². The van der Waals surface area contributed by atoms with Crippen molar-refractivity contribution in [1.82, 2.24) is 0 Å². The van der Waals surface area contributed by atoms with E-state index >= 15 is 0 Å². The van der Waals surface area contributed by atoms with Crippen LogP contribution >= 0.6 is 20.2 Å². The number of halogens is 1. The van der Waals surface area contributed by atoms with E-state index in [0.717, 1.165) is 22.2 Å². The molecular formula is C22H20ClLiO3P. The molecule has 1 unspecified atom stereocenters. The van der Waals surface area contributed by atoms with Crippen LogP contribution in [0.1, 0.15) is 21.5 Å². The quantitative estimate of drug-likeness (QED) is 0.410. The molecule has 0 heterocycles. The summed E-state index contributed by atoms with van der Waals surface area (Å²) in [5.41, 5.74) is 2.52. The van der Waals surface area contributed by atoms with Crippen LogP contribution in [0.4, 0.5) is 0 Å². The molecule has 0 aliphatic heterocycles. The Morgan fingerprint density at radius 3 is 2.46 bits per heavy atom. The molecule has 3 aromatic rings. The van der Waals surface area contributed by atoms with Crippen LogP contribution in [-0.4, -0.2) is 31.5 Å². The number of hydrogen-bond acceptors (Lipinski definition) is 3. The van der Waals surface area contributed by atoms with Crippen molar-refractivity contribution in [3.05, 3.63) is 88.4 Å². The summed E-state index contributed by atoms with van der Waals surface area (Å²) in [7, 11) is 1.50. The van der Waals surface area contributed by atoms with E-state index in [4.69, 9.17) is 21.1 Å². The number of aryl methyl sites for hydroxylation is 1. The molecule has 0 aliphatic rings. The summed E-state index contributed by atoms with van der Waals surface area (Å²) >= 11 is 6.22. The molecule has 0 aliphatic carbocycles. The van der Waals surface area contributed by atoms with Crippen molar-refractivity contribution in [2.24, 2.45) is 0 Å². The monoisotopic (exact) mass is 405 g/mol. The molecule has 0 saturated carbocycles. The van der Waals surface area contributed by atoms with Crippen LogP contribution in [0.25, 0.3) is 0 Å². The fourth-order valence-electron chi connectivity index (χ4n) is 2.69. The van der Waals surface area contributed by atoms with Gasteiger partial charge >= 0.3 is 0 Å². The first-order valence-corrected chi connectivity index (χ1v) is 9.87. The number of carbonyl (C=O) groups excluding carboxylic acids is 1. The van der Waals surface area contributed by atoms with Gasteiger partial charge in [-0.1, -0.05) is 54.1 Å². The van der Waals surface area contributed by atoms with Crippen molar-refractivity contribution >= 4 is 49.9 Å². The van der Waals surface area contributed by atoms with E-state index in [2.05, 4.69) is 0 Å². The van der Waals surface area contributed by atoms with Gasteiger partial charge in [-0.2, -0.15) is 0 Å². The zero-order chi connectivity index (χ0) is 19.2. The van der Waals surface area contributed by atoms with Crippen LogP contribution < -0.4 is 14.8 Å². The predicted molar refractivity (Wildman–Crippen MR) is 118 cm³/mol. The Morgan fingerprint density at radius 1 is 1.04 bits per heavy atom. The Kier molecular flexibility index (Phi) is 8.61. The molecule has 6 heteroatoms. The fraction of sp³-hybridized carbons (Fsp3) is 0.136. The van der Waals surface area contributed by atoms with Crippen LogP contribution in [0, 0.1) is 6.92 Å². The van der Waals surface area contributed by atoms with Crippen molar-refractivity contribution in [3.63, 3.8) is 0 Å². The van der Waals surface area contributed by atoms with Crippen LogP contribution in [0.5, 0.6) is 11.5 Å². The van der Waals surface area contributed by atoms with Crippen LogP contribution in [0.2, 0.25) is 5.02 Å². The summed E-state index contributed by atoms with van der Waals surface area (Å²) in [5.74, 6) is 1.29. The summed E-state index contributed by atoms with van der Waals surface area (Å²) in [6.07, 6.45) is 0. The second-order valence-electron chi connectivity index (χ2n) is 6.02. The maximum atomic E-state index is 12.8. The molecule has 3 nitrogen and oxygen atoms in total. The summed E-state index contributed by atoms with van der Waals surface area (Å²) in [6.45, 7) is 2.49. The van der Waals surface area contributed by atoms with Gasteiger partial charge in [-0.3, -0.25) is 4.79 Å². The third-order valence-corrected chi connectivity index (χ3v) is 5.74. The molecular weight excluding hydrogens is 386 g/mol. The maximum absolute atomic E-state index is 12.8. The molecule has 0 saturated heterocycles. The van der Waals surface area contributed by atoms with Gasteiger partial charge in [0.05, 0.1) is 17.7 Å². The topological polar surface area (TPSA) is 35.5 Å². The normalized spacial score (nSPS) is 10.5. The van der Waals surface area contributed by atoms with E-state index < -0.39 is 0 Å². The zero-order valence-corrected chi connectivity index (χ0v) is 17.9. The van der Waals surface area contributed by atoms with Crippen molar-refractivity contribution < 1.29 is 14.3 Å². The Hall–Kier alpha value is -1.75. The largest absolute Gasteiger partial charge is 0.496 e. The molecule has 0 N–H and O–H groups in total. The van der Waals surface area contributed by atoms with Gasteiger partial charge in [0.15, 0.2) is 5.52 Å². The van der Waals surface area contributed by atoms with Gasteiger partial charge in [0.2, 0.25) is 0 Å². The molecule has 28 heavy (non-hydrogen) atoms. The van der Waals surface area contributed by atoms with Crippen molar-refractivity contribution in [1.29, 1.82) is 0 Å². The summed E-state index contributed by atoms with van der Waals surface area (Å²) < 4.78 is 11.1. The maximum Gasteiger partial charge on any atom is 0.190 e. The summed E-state index contributed by atoms with van der Waals surface area (Å²) in [5, 5.41) is 1.38. The first kappa shape index (κ1) is 22.5. The van der Waals surface area contributed by atoms with Crippen LogP contribution in [0.15, 0.2) is 66.7 Å². The molecule has 0 amide bonds. The first-order chi connectivity index (χ1) is 13.1. The van der Waals surface area contributed by atoms with Gasteiger partial charge in [-0.25, -0.2) is 0 Å². The minimum absolute atomic E-state index is 0. The van der Waals surface area contributed by atoms with E-state index in [1.807, 2.05) is 55.5 Å². The van der Waals surface area contributed by atoms with Crippen molar-refractivity contribution in [2.75, 3.05) is 7.11 Å². The van der Waals surface area contributed by atoms with Gasteiger partial charge in [0, 0.05) is 18.9 Å². The molecule has 1 atom stereocenters. The summed E-state index contributed by atoms with van der Waals surface area (Å²) in [6, 6.07) is 21.0. The molecule has 3 rings (SSSR count). The fourth-order valence-corrected chi connectivity index (χ4v) is 4.08. The minimum Gasteiger partial charge on any atom is -0.496 e. The van der Waals surface area contributed by atoms with E-state index in [9.17, 15) is 4.79 Å². The number of hydrogen-bond donors (Lipinski definition) is 0. The first-order valence-electron chi connectivity index (χ1n) is 8.49. The molecule has 0 aromatic heterocycles. The van der Waals surface area contributed by atoms with Gasteiger partial charge in [-0.05, 0) is 56.2 Å². The average Bonchev–Trinajstić information content (AvgIpc) is 2.68. The Morgan fingerprint density at radius 2 is 1.79 bits per heavy atom. The van der Waals surface area contributed by atoms with E-state index in [1.165, 1.54) is 7.11 Å². The van der Waals surface area contributed by atoms with Gasteiger partial charge in [0.1, 0.15) is 18.1 Å². The second kappa shape index (κ2) is 10.7. The molecule has 3 aromatic carbocycles. The Bertz CT molecular complexity index is 948. The Balaban J connectivity index is 0.00000280. The number of ether oxygens (including phenoxy) is 2. The van der Waals surface area contributed by atoms with Crippen molar-refractivity contribution in [2.45, 2.75) is 13.5 Å².